The van der Waals surface area contributed by atoms with Crippen LogP contribution in [0, 0.1) is 0 Å². The number of rotatable bonds is 5. The molecule has 1 heterocycles. The van der Waals surface area contributed by atoms with E-state index in [0.29, 0.717) is 33.3 Å². The molecule has 1 aliphatic rings. The minimum Gasteiger partial charge on any atom is -0.497 e. The number of fused-ring (bicyclic) bond motifs is 1. The number of nitrogens with zero attached hydrogens (tertiary/aromatic N) is 2. The van der Waals surface area contributed by atoms with Gasteiger partial charge in [-0.3, -0.25) is 10.1 Å². The lowest BCUT2D eigenvalue weighted by Crippen LogP contribution is -2.48. The highest BCUT2D eigenvalue weighted by atomic mass is 35.5. The molecule has 0 aliphatic carbocycles. The van der Waals surface area contributed by atoms with Gasteiger partial charge >= 0.3 is 6.09 Å². The molecule has 0 saturated carbocycles. The van der Waals surface area contributed by atoms with E-state index in [9.17, 15) is 9.59 Å². The lowest BCUT2D eigenvalue weighted by molar-refractivity contribution is -0.120. The molecule has 1 aliphatic heterocycles. The first-order chi connectivity index (χ1) is 18.0. The summed E-state index contributed by atoms with van der Waals surface area (Å²) in [6.07, 6.45) is -2.11. The van der Waals surface area contributed by atoms with E-state index in [1.165, 1.54) is 0 Å². The summed E-state index contributed by atoms with van der Waals surface area (Å²) in [7, 11) is 1.59. The predicted octanol–water partition coefficient (Wildman–Crippen LogP) is 6.89. The molecule has 0 spiro atoms. The fourth-order valence-corrected chi connectivity index (χ4v) is 4.98. The van der Waals surface area contributed by atoms with Crippen LogP contribution in [0.2, 0.25) is 15.1 Å². The van der Waals surface area contributed by atoms with E-state index in [1.807, 2.05) is 42.5 Å². The molecule has 3 aromatic rings. The second-order valence-electron chi connectivity index (χ2n) is 9.56. The molecule has 0 radical (unpaired) electrons. The minimum absolute atomic E-state index is 0.206. The zero-order valence-electron chi connectivity index (χ0n) is 21.2. The van der Waals surface area contributed by atoms with E-state index in [1.54, 1.807) is 51.0 Å². The Morgan fingerprint density at radius 1 is 1.03 bits per heavy atom. The number of carbonyl (C=O) groups excluding carboxylic acids is 2. The van der Waals surface area contributed by atoms with Crippen molar-refractivity contribution in [2.24, 2.45) is 4.99 Å². The summed E-state index contributed by atoms with van der Waals surface area (Å²) < 4.78 is 10.7. The van der Waals surface area contributed by atoms with Crippen LogP contribution in [0.15, 0.2) is 65.7 Å². The standard InChI is InChI=1S/C28H26Cl3N3O4/c1-28(2,3)38-27(36)33-25-26(35)34(15-16-9-11-18(37-4)12-10-16)22-8-6-5-7-19(22)24(32-25)23-20(30)13-17(29)14-21(23)31/h5-14,25H,15H2,1-4H3,(H,33,36). The maximum atomic E-state index is 14.0. The maximum Gasteiger partial charge on any atom is 0.409 e. The topological polar surface area (TPSA) is 80.2 Å². The number of halogens is 3. The summed E-state index contributed by atoms with van der Waals surface area (Å²) in [6.45, 7) is 5.40. The van der Waals surface area contributed by atoms with Crippen LogP contribution in [-0.2, 0) is 16.1 Å². The van der Waals surface area contributed by atoms with Gasteiger partial charge in [0.15, 0.2) is 0 Å². The lowest BCUT2D eigenvalue weighted by atomic mass is 9.99. The Hall–Kier alpha value is -3.26. The monoisotopic (exact) mass is 573 g/mol. The Bertz CT molecular complexity index is 1380. The first kappa shape index (κ1) is 27.8. The van der Waals surface area contributed by atoms with Crippen molar-refractivity contribution in [2.45, 2.75) is 39.1 Å². The molecule has 0 aromatic heterocycles. The molecule has 1 unspecified atom stereocenters. The van der Waals surface area contributed by atoms with Crippen LogP contribution >= 0.6 is 34.8 Å². The average molecular weight is 575 g/mol. The van der Waals surface area contributed by atoms with E-state index >= 15 is 0 Å². The summed E-state index contributed by atoms with van der Waals surface area (Å²) >= 11 is 19.3. The normalized spacial score (nSPS) is 15.3. The third-order valence-corrected chi connectivity index (χ3v) is 6.42. The molecular formula is C28H26Cl3N3O4. The van der Waals surface area contributed by atoms with Gasteiger partial charge in [0.25, 0.3) is 5.91 Å². The van der Waals surface area contributed by atoms with E-state index in [-0.39, 0.29) is 16.6 Å². The van der Waals surface area contributed by atoms with Crippen LogP contribution in [0.25, 0.3) is 0 Å². The molecule has 0 fully saturated rings. The van der Waals surface area contributed by atoms with E-state index in [4.69, 9.17) is 49.3 Å². The maximum absolute atomic E-state index is 14.0. The number of ether oxygens (including phenoxy) is 2. The Labute approximate surface area is 236 Å². The number of aliphatic imine (C=N–C) groups is 1. The van der Waals surface area contributed by atoms with Crippen LogP contribution in [0.3, 0.4) is 0 Å². The van der Waals surface area contributed by atoms with E-state index in [0.717, 1.165) is 5.56 Å². The first-order valence-electron chi connectivity index (χ1n) is 11.7. The smallest absolute Gasteiger partial charge is 0.409 e. The number of benzene rings is 3. The average Bonchev–Trinajstić information content (AvgIpc) is 2.94. The Morgan fingerprint density at radius 2 is 1.66 bits per heavy atom. The van der Waals surface area contributed by atoms with Crippen molar-refractivity contribution in [2.75, 3.05) is 12.0 Å². The minimum atomic E-state index is -1.33. The van der Waals surface area contributed by atoms with Crippen molar-refractivity contribution < 1.29 is 19.1 Å². The highest BCUT2D eigenvalue weighted by Crippen LogP contribution is 2.36. The molecule has 38 heavy (non-hydrogen) atoms. The number of amides is 2. The molecule has 2 amide bonds. The number of methoxy groups -OCH3 is 1. The van der Waals surface area contributed by atoms with Crippen molar-refractivity contribution in [1.82, 2.24) is 5.32 Å². The zero-order chi connectivity index (χ0) is 27.6. The highest BCUT2D eigenvalue weighted by molar-refractivity contribution is 6.44. The predicted molar refractivity (Wildman–Crippen MR) is 151 cm³/mol. The number of benzodiazepines with no additional fused rings is 1. The quantitative estimate of drug-likeness (QED) is 0.360. The molecule has 0 saturated heterocycles. The van der Waals surface area contributed by atoms with Gasteiger partial charge in [-0.25, -0.2) is 9.79 Å². The first-order valence-corrected chi connectivity index (χ1v) is 12.9. The van der Waals surface area contributed by atoms with Gasteiger partial charge < -0.3 is 14.4 Å². The molecule has 1 atom stereocenters. The summed E-state index contributed by atoms with van der Waals surface area (Å²) in [6, 6.07) is 17.7. The lowest BCUT2D eigenvalue weighted by Gasteiger charge is -2.26. The largest absolute Gasteiger partial charge is 0.497 e. The van der Waals surface area contributed by atoms with Gasteiger partial charge in [-0.2, -0.15) is 0 Å². The zero-order valence-corrected chi connectivity index (χ0v) is 23.5. The van der Waals surface area contributed by atoms with Crippen LogP contribution in [0.4, 0.5) is 10.5 Å². The Morgan fingerprint density at radius 3 is 2.26 bits per heavy atom. The number of hydrogen-bond acceptors (Lipinski definition) is 5. The van der Waals surface area contributed by atoms with Crippen molar-refractivity contribution in [1.29, 1.82) is 0 Å². The van der Waals surface area contributed by atoms with Crippen LogP contribution < -0.4 is 15.0 Å². The molecule has 10 heteroatoms. The second-order valence-corrected chi connectivity index (χ2v) is 10.8. The third-order valence-electron chi connectivity index (χ3n) is 5.60. The highest BCUT2D eigenvalue weighted by Gasteiger charge is 2.35. The van der Waals surface area contributed by atoms with Crippen LogP contribution in [0.5, 0.6) is 5.75 Å². The number of nitrogens with one attached hydrogen (secondary N) is 1. The molecule has 3 aromatic carbocycles. The van der Waals surface area contributed by atoms with Gasteiger partial charge in [0.2, 0.25) is 6.17 Å². The fraction of sp³-hybridized carbons (Fsp3) is 0.250. The van der Waals surface area contributed by atoms with Crippen molar-refractivity contribution >= 4 is 58.2 Å². The fourth-order valence-electron chi connectivity index (χ4n) is 3.99. The Balaban J connectivity index is 1.86. The van der Waals surface area contributed by atoms with Gasteiger partial charge in [0.1, 0.15) is 11.4 Å². The number of carbonyl (C=O) groups is 2. The van der Waals surface area contributed by atoms with Gasteiger partial charge in [0.05, 0.1) is 35.1 Å². The number of alkyl carbamates (subject to hydrolysis) is 1. The number of hydrogen-bond donors (Lipinski definition) is 1. The van der Waals surface area contributed by atoms with E-state index in [2.05, 4.69) is 5.32 Å². The molecule has 198 valence electrons. The summed E-state index contributed by atoms with van der Waals surface area (Å²) in [5.41, 5.74) is 1.96. The van der Waals surface area contributed by atoms with Crippen molar-refractivity contribution in [3.05, 3.63) is 92.4 Å². The Kier molecular flexibility index (Phi) is 8.21. The SMILES string of the molecule is COc1ccc(CN2C(=O)C(NC(=O)OC(C)(C)C)N=C(c3c(Cl)cc(Cl)cc3Cl)c3ccccc32)cc1. The third kappa shape index (κ3) is 6.23. The number of para-hydroxylation sites is 1. The summed E-state index contributed by atoms with van der Waals surface area (Å²) in [4.78, 5) is 33.0. The van der Waals surface area contributed by atoms with Crippen LogP contribution in [-0.4, -0.2) is 36.6 Å². The van der Waals surface area contributed by atoms with Gasteiger partial charge in [-0.1, -0.05) is 65.1 Å². The summed E-state index contributed by atoms with van der Waals surface area (Å²) in [5.74, 6) is 0.230. The molecule has 7 nitrogen and oxygen atoms in total. The molecular weight excluding hydrogens is 549 g/mol. The van der Waals surface area contributed by atoms with Crippen LogP contribution in [0.1, 0.15) is 37.5 Å². The molecule has 4 rings (SSSR count). The van der Waals surface area contributed by atoms with Gasteiger partial charge in [0, 0.05) is 16.1 Å². The van der Waals surface area contributed by atoms with Gasteiger partial charge in [-0.15, -0.1) is 0 Å². The van der Waals surface area contributed by atoms with Crippen molar-refractivity contribution in [3.63, 3.8) is 0 Å². The molecule has 1 N–H and O–H groups in total. The van der Waals surface area contributed by atoms with Crippen molar-refractivity contribution in [3.8, 4) is 5.75 Å². The van der Waals surface area contributed by atoms with E-state index < -0.39 is 23.8 Å². The second kappa shape index (κ2) is 11.2. The molecule has 0 bridgehead atoms. The van der Waals surface area contributed by atoms with Gasteiger partial charge in [-0.05, 0) is 56.7 Å². The summed E-state index contributed by atoms with van der Waals surface area (Å²) in [5, 5.41) is 3.47. The number of anilines is 1.